The molecule has 0 radical (unpaired) electrons. The van der Waals surface area contributed by atoms with Crippen LogP contribution in [0.2, 0.25) is 0 Å². The summed E-state index contributed by atoms with van der Waals surface area (Å²) < 4.78 is 5.21. The third kappa shape index (κ3) is 4.39. The number of methoxy groups -OCH3 is 1. The van der Waals surface area contributed by atoms with Gasteiger partial charge in [-0.05, 0) is 30.2 Å². The fraction of sp³-hybridized carbons (Fsp3) is 0.333. The number of ketones is 1. The number of rotatable bonds is 7. The van der Waals surface area contributed by atoms with Gasteiger partial charge in [0.05, 0.1) is 33.8 Å². The van der Waals surface area contributed by atoms with Gasteiger partial charge in [0.15, 0.2) is 0 Å². The molecule has 1 unspecified atom stereocenters. The molecule has 1 saturated heterocycles. The Hall–Kier alpha value is -3.12. The number of amides is 1. The zero-order chi connectivity index (χ0) is 21.8. The molecule has 1 amide bonds. The molecular weight excluding hydrogens is 380 g/mol. The van der Waals surface area contributed by atoms with Crippen molar-refractivity contribution >= 4 is 17.4 Å². The number of carbonyl (C=O) groups is 2. The maximum Gasteiger partial charge on any atom is 0.295 e. The molecule has 1 aliphatic rings. The van der Waals surface area contributed by atoms with Crippen molar-refractivity contribution in [3.63, 3.8) is 0 Å². The first-order chi connectivity index (χ1) is 14.3. The molecule has 6 nitrogen and oxygen atoms in total. The molecule has 158 valence electrons. The highest BCUT2D eigenvalue weighted by atomic mass is 16.5. The summed E-state index contributed by atoms with van der Waals surface area (Å²) in [5, 5.41) is 13.4. The van der Waals surface area contributed by atoms with Gasteiger partial charge < -0.3 is 19.6 Å². The lowest BCUT2D eigenvalue weighted by Gasteiger charge is -2.28. The number of carbonyl (C=O) groups excluding carboxylic acids is 2. The standard InChI is InChI=1S/C24H28N2O4/c1-16-9-11-17(12-10-16)21-20(22(27)18-7-5-8-19(15-18)30-4)23(28)24(29)26(21)14-6-13-25(2)3/h5,7-12,15,21,27H,6,13-14H2,1-4H3. The van der Waals surface area contributed by atoms with Crippen LogP contribution in [-0.2, 0) is 9.59 Å². The first-order valence-electron chi connectivity index (χ1n) is 10.1. The van der Waals surface area contributed by atoms with Crippen LogP contribution < -0.4 is 14.7 Å². The highest BCUT2D eigenvalue weighted by Crippen LogP contribution is 2.39. The Bertz CT molecular complexity index is 963. The number of ether oxygens (including phenoxy) is 1. The number of nitrogens with one attached hydrogen (secondary N) is 1. The summed E-state index contributed by atoms with van der Waals surface area (Å²) in [5.74, 6) is -1.24. The van der Waals surface area contributed by atoms with Crippen molar-refractivity contribution in [3.8, 4) is 5.75 Å². The highest BCUT2D eigenvalue weighted by molar-refractivity contribution is 6.46. The SMILES string of the molecule is COc1cccc(C([O-])=C2C(=O)C(=O)N(CCC[NH+](C)C)C2c2ccc(C)cc2)c1. The van der Waals surface area contributed by atoms with Crippen molar-refractivity contribution < 1.29 is 24.3 Å². The first kappa shape index (κ1) is 21.6. The van der Waals surface area contributed by atoms with Crippen molar-refractivity contribution in [2.24, 2.45) is 0 Å². The molecule has 1 heterocycles. The van der Waals surface area contributed by atoms with E-state index in [-0.39, 0.29) is 5.57 Å². The van der Waals surface area contributed by atoms with Crippen LogP contribution in [0.25, 0.3) is 5.76 Å². The minimum Gasteiger partial charge on any atom is -0.872 e. The van der Waals surface area contributed by atoms with Crippen molar-refractivity contribution in [2.45, 2.75) is 19.4 Å². The number of hydrogen-bond donors (Lipinski definition) is 1. The third-order valence-electron chi connectivity index (χ3n) is 5.33. The van der Waals surface area contributed by atoms with E-state index in [0.29, 0.717) is 17.9 Å². The second kappa shape index (κ2) is 9.13. The van der Waals surface area contributed by atoms with Crippen LogP contribution >= 0.6 is 0 Å². The smallest absolute Gasteiger partial charge is 0.295 e. The third-order valence-corrected chi connectivity index (χ3v) is 5.33. The van der Waals surface area contributed by atoms with Gasteiger partial charge in [0.1, 0.15) is 5.75 Å². The molecule has 1 N–H and O–H groups in total. The minimum absolute atomic E-state index is 0.00862. The minimum atomic E-state index is -0.717. The maximum absolute atomic E-state index is 13.4. The number of quaternary nitrogens is 1. The van der Waals surface area contributed by atoms with Gasteiger partial charge in [-0.15, -0.1) is 0 Å². The lowest BCUT2D eigenvalue weighted by molar-refractivity contribution is -0.858. The summed E-state index contributed by atoms with van der Waals surface area (Å²) in [4.78, 5) is 28.6. The summed E-state index contributed by atoms with van der Waals surface area (Å²) in [6, 6.07) is 13.6. The van der Waals surface area contributed by atoms with Gasteiger partial charge in [-0.1, -0.05) is 47.7 Å². The molecule has 2 aromatic carbocycles. The Morgan fingerprint density at radius 2 is 1.83 bits per heavy atom. The number of hydrogen-bond acceptors (Lipinski definition) is 4. The Balaban J connectivity index is 2.09. The quantitative estimate of drug-likeness (QED) is 0.417. The Morgan fingerprint density at radius 1 is 1.13 bits per heavy atom. The van der Waals surface area contributed by atoms with Crippen LogP contribution in [0.15, 0.2) is 54.1 Å². The van der Waals surface area contributed by atoms with E-state index in [9.17, 15) is 14.7 Å². The van der Waals surface area contributed by atoms with Crippen molar-refractivity contribution in [2.75, 3.05) is 34.3 Å². The van der Waals surface area contributed by atoms with E-state index < -0.39 is 23.5 Å². The van der Waals surface area contributed by atoms with Gasteiger partial charge in [-0.3, -0.25) is 9.59 Å². The predicted octanol–water partition coefficient (Wildman–Crippen LogP) is 0.762. The maximum atomic E-state index is 13.4. The highest BCUT2D eigenvalue weighted by Gasteiger charge is 2.43. The number of Topliss-reactive ketones (excluding diaryl/α,β-unsaturated/α-hetero) is 1. The molecule has 1 aliphatic heterocycles. The second-order valence-electron chi connectivity index (χ2n) is 7.93. The lowest BCUT2D eigenvalue weighted by atomic mass is 9.94. The van der Waals surface area contributed by atoms with Gasteiger partial charge in [-0.2, -0.15) is 0 Å². The van der Waals surface area contributed by atoms with E-state index in [0.717, 1.165) is 24.1 Å². The second-order valence-corrected chi connectivity index (χ2v) is 7.93. The molecule has 0 spiro atoms. The van der Waals surface area contributed by atoms with E-state index >= 15 is 0 Å². The molecule has 0 aliphatic carbocycles. The van der Waals surface area contributed by atoms with Crippen LogP contribution in [-0.4, -0.2) is 50.9 Å². The summed E-state index contributed by atoms with van der Waals surface area (Å²) in [7, 11) is 5.60. The molecule has 6 heteroatoms. The zero-order valence-electron chi connectivity index (χ0n) is 17.9. The van der Waals surface area contributed by atoms with Crippen LogP contribution in [0.3, 0.4) is 0 Å². The topological polar surface area (TPSA) is 74.1 Å². The monoisotopic (exact) mass is 408 g/mol. The molecule has 30 heavy (non-hydrogen) atoms. The molecule has 3 rings (SSSR count). The molecule has 0 bridgehead atoms. The van der Waals surface area contributed by atoms with Gasteiger partial charge in [0.2, 0.25) is 5.78 Å². The summed E-state index contributed by atoms with van der Waals surface area (Å²) in [6.07, 6.45) is 0.740. The van der Waals surface area contributed by atoms with Crippen LogP contribution in [0, 0.1) is 6.92 Å². The Morgan fingerprint density at radius 3 is 2.47 bits per heavy atom. The largest absolute Gasteiger partial charge is 0.872 e. The summed E-state index contributed by atoms with van der Waals surface area (Å²) in [5.41, 5.74) is 2.18. The van der Waals surface area contributed by atoms with Crippen molar-refractivity contribution in [1.29, 1.82) is 0 Å². The summed E-state index contributed by atoms with van der Waals surface area (Å²) in [6.45, 7) is 3.25. The van der Waals surface area contributed by atoms with Crippen LogP contribution in [0.1, 0.15) is 29.2 Å². The molecular formula is C24H28N2O4. The molecule has 1 atom stereocenters. The number of aryl methyl sites for hydroxylation is 1. The van der Waals surface area contributed by atoms with E-state index in [1.54, 1.807) is 29.2 Å². The average molecular weight is 408 g/mol. The molecule has 0 saturated carbocycles. The lowest BCUT2D eigenvalue weighted by Crippen LogP contribution is -3.05. The van der Waals surface area contributed by atoms with Gasteiger partial charge >= 0.3 is 0 Å². The zero-order valence-corrected chi connectivity index (χ0v) is 17.9. The molecule has 2 aromatic rings. The average Bonchev–Trinajstić information content (AvgIpc) is 2.98. The van der Waals surface area contributed by atoms with Crippen LogP contribution in [0.5, 0.6) is 5.75 Å². The first-order valence-corrected chi connectivity index (χ1v) is 10.1. The summed E-state index contributed by atoms with van der Waals surface area (Å²) >= 11 is 0. The molecule has 0 aromatic heterocycles. The Labute approximate surface area is 177 Å². The normalized spacial score (nSPS) is 18.3. The van der Waals surface area contributed by atoms with Gasteiger partial charge in [0.25, 0.3) is 5.91 Å². The van der Waals surface area contributed by atoms with Crippen molar-refractivity contribution in [1.82, 2.24) is 4.90 Å². The fourth-order valence-electron chi connectivity index (χ4n) is 3.72. The number of benzene rings is 2. The van der Waals surface area contributed by atoms with Crippen LogP contribution in [0.4, 0.5) is 0 Å². The fourth-order valence-corrected chi connectivity index (χ4v) is 3.72. The predicted molar refractivity (Wildman–Crippen MR) is 113 cm³/mol. The van der Waals surface area contributed by atoms with E-state index in [1.807, 2.05) is 45.3 Å². The van der Waals surface area contributed by atoms with E-state index in [4.69, 9.17) is 4.74 Å². The Kier molecular flexibility index (Phi) is 6.57. The van der Waals surface area contributed by atoms with Gasteiger partial charge in [0, 0.05) is 18.5 Å². The molecule has 1 fully saturated rings. The van der Waals surface area contributed by atoms with Gasteiger partial charge in [-0.25, -0.2) is 0 Å². The van der Waals surface area contributed by atoms with E-state index in [2.05, 4.69) is 0 Å². The number of nitrogens with zero attached hydrogens (tertiary/aromatic N) is 1. The van der Waals surface area contributed by atoms with E-state index in [1.165, 1.54) is 12.0 Å². The number of likely N-dealkylation sites (tertiary alicyclic amines) is 1. The van der Waals surface area contributed by atoms with Crippen molar-refractivity contribution in [3.05, 3.63) is 70.8 Å².